The molecule has 2 aromatic heterocycles. The number of carboxylic acid groups (broad SMARTS) is 1. The van der Waals surface area contributed by atoms with Crippen LogP contribution in [0.1, 0.15) is 57.9 Å². The smallest absolute Gasteiger partial charge is 0.405 e. The van der Waals surface area contributed by atoms with E-state index in [4.69, 9.17) is 0 Å². The number of aliphatic hydroxyl groups is 1. The summed E-state index contributed by atoms with van der Waals surface area (Å²) in [5.74, 6) is -1.22. The maximum absolute atomic E-state index is 14.4. The minimum Gasteiger partial charge on any atom is -0.465 e. The van der Waals surface area contributed by atoms with Crippen LogP contribution in [0.4, 0.5) is 9.59 Å². The fourth-order valence-electron chi connectivity index (χ4n) is 7.03. The van der Waals surface area contributed by atoms with Gasteiger partial charge in [-0.25, -0.2) is 14.6 Å². The molecule has 0 radical (unpaired) electrons. The van der Waals surface area contributed by atoms with E-state index in [-0.39, 0.29) is 38.0 Å². The number of carbonyl (C=O) groups excluding carboxylic acids is 3. The first-order valence-electron chi connectivity index (χ1n) is 19.6. The summed E-state index contributed by atoms with van der Waals surface area (Å²) in [5.41, 5.74) is 6.07. The zero-order chi connectivity index (χ0) is 41.8. The van der Waals surface area contributed by atoms with Crippen molar-refractivity contribution in [3.8, 4) is 11.3 Å². The number of hydrazine groups is 1. The van der Waals surface area contributed by atoms with Gasteiger partial charge in [0.2, 0.25) is 5.91 Å². The van der Waals surface area contributed by atoms with E-state index in [1.807, 2.05) is 86.6 Å². The number of urea groups is 1. The van der Waals surface area contributed by atoms with E-state index in [0.29, 0.717) is 25.2 Å². The molecule has 15 nitrogen and oxygen atoms in total. The van der Waals surface area contributed by atoms with Gasteiger partial charge in [0.15, 0.2) is 0 Å². The number of hydrogen-bond acceptors (Lipinski definition) is 9. The van der Waals surface area contributed by atoms with Gasteiger partial charge in [0, 0.05) is 44.1 Å². The van der Waals surface area contributed by atoms with Gasteiger partial charge in [0.05, 0.1) is 30.1 Å². The molecule has 0 spiro atoms. The van der Waals surface area contributed by atoms with Gasteiger partial charge in [-0.2, -0.15) is 10.2 Å². The summed E-state index contributed by atoms with van der Waals surface area (Å²) < 4.78 is 0. The van der Waals surface area contributed by atoms with Crippen molar-refractivity contribution in [2.24, 2.45) is 11.3 Å². The monoisotopic (exact) mass is 793 g/mol. The predicted molar refractivity (Wildman–Crippen MR) is 218 cm³/mol. The molecule has 2 aromatic carbocycles. The summed E-state index contributed by atoms with van der Waals surface area (Å²) in [6.45, 7) is 10.2. The average molecular weight is 794 g/mol. The van der Waals surface area contributed by atoms with Crippen LogP contribution < -0.4 is 16.1 Å². The SMILES string of the molecule is CC[C@H](C)[C@@H](C(=O)N[C@@H](Cc1ccccc1)[C@@H](O)CN(Cc1ccc(-c2ccccn2)cc1)NC(=O)[C@@H](NC(=O)O)C(C)(C)C)N1CCN(Cc2cccnn2)C1=O. The highest BCUT2D eigenvalue weighted by Crippen LogP contribution is 2.24. The summed E-state index contributed by atoms with van der Waals surface area (Å²) in [6, 6.07) is 23.2. The highest BCUT2D eigenvalue weighted by molar-refractivity contribution is 5.88. The lowest BCUT2D eigenvalue weighted by Crippen LogP contribution is -2.60. The number of benzene rings is 2. The number of carbonyl (C=O) groups is 4. The van der Waals surface area contributed by atoms with Crippen molar-refractivity contribution < 1.29 is 29.4 Å². The van der Waals surface area contributed by atoms with Crippen LogP contribution in [0.25, 0.3) is 11.3 Å². The first-order chi connectivity index (χ1) is 27.7. The van der Waals surface area contributed by atoms with E-state index in [1.54, 1.807) is 55.1 Å². The summed E-state index contributed by atoms with van der Waals surface area (Å²) in [6.07, 6.45) is 1.57. The van der Waals surface area contributed by atoms with Crippen molar-refractivity contribution in [2.45, 2.75) is 84.8 Å². The van der Waals surface area contributed by atoms with E-state index in [9.17, 15) is 29.4 Å². The van der Waals surface area contributed by atoms with Crippen LogP contribution in [0.3, 0.4) is 0 Å². The molecule has 5 N–H and O–H groups in total. The molecule has 3 heterocycles. The Morgan fingerprint density at radius 2 is 1.60 bits per heavy atom. The molecule has 0 unspecified atom stereocenters. The molecule has 58 heavy (non-hydrogen) atoms. The maximum atomic E-state index is 14.4. The molecule has 1 aliphatic heterocycles. The van der Waals surface area contributed by atoms with E-state index in [0.717, 1.165) is 22.4 Å². The van der Waals surface area contributed by atoms with Gasteiger partial charge in [0.25, 0.3) is 5.91 Å². The third-order valence-corrected chi connectivity index (χ3v) is 10.3. The lowest BCUT2D eigenvalue weighted by molar-refractivity contribution is -0.132. The Balaban J connectivity index is 1.41. The number of aromatic nitrogens is 3. The summed E-state index contributed by atoms with van der Waals surface area (Å²) in [4.78, 5) is 61.5. The second-order valence-corrected chi connectivity index (χ2v) is 15.8. The molecule has 0 bridgehead atoms. The molecule has 5 rings (SSSR count). The third-order valence-electron chi connectivity index (χ3n) is 10.3. The van der Waals surface area contributed by atoms with Crippen LogP contribution in [0.2, 0.25) is 0 Å². The molecule has 308 valence electrons. The Morgan fingerprint density at radius 3 is 2.22 bits per heavy atom. The van der Waals surface area contributed by atoms with Crippen LogP contribution in [-0.4, -0.2) is 108 Å². The van der Waals surface area contributed by atoms with Crippen LogP contribution in [-0.2, 0) is 29.1 Å². The highest BCUT2D eigenvalue weighted by atomic mass is 16.4. The van der Waals surface area contributed by atoms with Crippen molar-refractivity contribution in [2.75, 3.05) is 19.6 Å². The Kier molecular flexibility index (Phi) is 14.9. The number of nitrogens with one attached hydrogen (secondary N) is 3. The summed E-state index contributed by atoms with van der Waals surface area (Å²) in [5, 5.41) is 36.7. The quantitative estimate of drug-likeness (QED) is 0.0897. The van der Waals surface area contributed by atoms with Gasteiger partial charge in [0.1, 0.15) is 12.1 Å². The van der Waals surface area contributed by atoms with Crippen molar-refractivity contribution in [1.82, 2.24) is 46.0 Å². The molecule has 1 fully saturated rings. The second kappa shape index (κ2) is 20.0. The van der Waals surface area contributed by atoms with Gasteiger partial charge in [-0.1, -0.05) is 102 Å². The van der Waals surface area contributed by atoms with Crippen molar-refractivity contribution >= 4 is 23.9 Å². The molecule has 15 heteroatoms. The number of aliphatic hydroxyl groups excluding tert-OH is 1. The minimum absolute atomic E-state index is 0.140. The van der Waals surface area contributed by atoms with Gasteiger partial charge >= 0.3 is 12.1 Å². The van der Waals surface area contributed by atoms with Crippen LogP contribution in [0.15, 0.2) is 97.3 Å². The number of hydrogen-bond donors (Lipinski definition) is 5. The second-order valence-electron chi connectivity index (χ2n) is 15.8. The largest absolute Gasteiger partial charge is 0.465 e. The normalized spacial score (nSPS) is 15.7. The van der Waals surface area contributed by atoms with E-state index in [2.05, 4.69) is 31.2 Å². The molecular weight excluding hydrogens is 739 g/mol. The van der Waals surface area contributed by atoms with E-state index in [1.165, 1.54) is 5.01 Å². The zero-order valence-electron chi connectivity index (χ0n) is 33.8. The highest BCUT2D eigenvalue weighted by Gasteiger charge is 2.41. The lowest BCUT2D eigenvalue weighted by atomic mass is 9.86. The van der Waals surface area contributed by atoms with Crippen molar-refractivity contribution in [1.29, 1.82) is 0 Å². The number of nitrogens with zero attached hydrogens (tertiary/aromatic N) is 6. The first kappa shape index (κ1) is 43.2. The topological polar surface area (TPSA) is 193 Å². The number of rotatable bonds is 18. The molecular formula is C43H55N9O6. The van der Waals surface area contributed by atoms with Gasteiger partial charge < -0.3 is 30.6 Å². The maximum Gasteiger partial charge on any atom is 0.405 e. The van der Waals surface area contributed by atoms with Crippen LogP contribution in [0.5, 0.6) is 0 Å². The lowest BCUT2D eigenvalue weighted by Gasteiger charge is -2.36. The summed E-state index contributed by atoms with van der Waals surface area (Å²) >= 11 is 0. The van der Waals surface area contributed by atoms with E-state index < -0.39 is 47.6 Å². The molecule has 0 aliphatic carbocycles. The number of amides is 5. The van der Waals surface area contributed by atoms with Crippen molar-refractivity contribution in [3.63, 3.8) is 0 Å². The first-order valence-corrected chi connectivity index (χ1v) is 19.6. The Bertz CT molecular complexity index is 1950. The van der Waals surface area contributed by atoms with Crippen LogP contribution in [0, 0.1) is 11.3 Å². The standard InChI is InChI=1S/C43H55N9O6/c1-6-29(2)37(52-24-23-50(42(52)58)27-33-15-12-22-45-48-33)39(54)46-35(25-30-13-8-7-9-14-30)36(53)28-51(49-40(55)38(43(3,4)5)47-41(56)57)26-31-17-19-32(20-18-31)34-16-10-11-21-44-34/h7-22,29,35-38,47,53H,6,23-28H2,1-5H3,(H,46,54)(H,49,55)(H,56,57)/t29-,35-,36-,37-,38+/m0/s1. The third kappa shape index (κ3) is 11.8. The molecule has 5 amide bonds. The Labute approximate surface area is 339 Å². The fourth-order valence-corrected chi connectivity index (χ4v) is 7.03. The van der Waals surface area contributed by atoms with Gasteiger partial charge in [-0.3, -0.25) is 20.0 Å². The zero-order valence-corrected chi connectivity index (χ0v) is 33.8. The Morgan fingerprint density at radius 1 is 0.879 bits per heavy atom. The minimum atomic E-state index is -1.35. The predicted octanol–water partition coefficient (Wildman–Crippen LogP) is 4.50. The van der Waals surface area contributed by atoms with E-state index >= 15 is 0 Å². The van der Waals surface area contributed by atoms with Gasteiger partial charge in [-0.05, 0) is 53.1 Å². The fraction of sp³-hybridized carbons (Fsp3) is 0.419. The molecule has 5 atom stereocenters. The van der Waals surface area contributed by atoms with Crippen LogP contribution >= 0.6 is 0 Å². The average Bonchev–Trinajstić information content (AvgIpc) is 3.55. The molecule has 0 saturated carbocycles. The molecule has 1 aliphatic rings. The molecule has 1 saturated heterocycles. The number of pyridine rings is 1. The van der Waals surface area contributed by atoms with Crippen molar-refractivity contribution in [3.05, 3.63) is 114 Å². The van der Waals surface area contributed by atoms with Gasteiger partial charge in [-0.15, -0.1) is 0 Å². The Hall–Kier alpha value is -5.93. The summed E-state index contributed by atoms with van der Waals surface area (Å²) in [7, 11) is 0. The molecule has 4 aromatic rings.